The molecular formula is C16H26INO. The molecule has 1 aromatic rings. The van der Waals surface area contributed by atoms with Crippen LogP contribution in [0.15, 0.2) is 24.3 Å². The summed E-state index contributed by atoms with van der Waals surface area (Å²) >= 11 is 2.35. The molecule has 0 aliphatic carbocycles. The molecule has 0 saturated heterocycles. The van der Waals surface area contributed by atoms with Crippen LogP contribution in [0.2, 0.25) is 0 Å². The Hall–Kier alpha value is -0.130. The minimum absolute atomic E-state index is 0.302. The molecule has 0 bridgehead atoms. The molecule has 3 heteroatoms. The molecule has 2 atom stereocenters. The lowest BCUT2D eigenvalue weighted by Crippen LogP contribution is -2.43. The lowest BCUT2D eigenvalue weighted by atomic mass is 9.98. The van der Waals surface area contributed by atoms with Crippen LogP contribution in [0.25, 0.3) is 0 Å². The summed E-state index contributed by atoms with van der Waals surface area (Å²) in [7, 11) is 1.83. The Kier molecular flexibility index (Phi) is 8.66. The van der Waals surface area contributed by atoms with Gasteiger partial charge in [0.2, 0.25) is 0 Å². The van der Waals surface area contributed by atoms with Gasteiger partial charge < -0.3 is 10.1 Å². The van der Waals surface area contributed by atoms with Crippen LogP contribution in [0.3, 0.4) is 0 Å². The van der Waals surface area contributed by atoms with E-state index < -0.39 is 0 Å². The molecule has 0 aromatic heterocycles. The number of benzene rings is 1. The van der Waals surface area contributed by atoms with E-state index in [4.69, 9.17) is 4.74 Å². The van der Waals surface area contributed by atoms with E-state index >= 15 is 0 Å². The Bertz CT molecular complexity index is 339. The third kappa shape index (κ3) is 6.23. The largest absolute Gasteiger partial charge is 0.380 e. The molecule has 0 fully saturated rings. The average Bonchev–Trinajstić information content (AvgIpc) is 2.43. The molecule has 0 spiro atoms. The number of hydrogen-bond donors (Lipinski definition) is 1. The van der Waals surface area contributed by atoms with E-state index in [9.17, 15) is 0 Å². The van der Waals surface area contributed by atoms with Crippen LogP contribution in [0.5, 0.6) is 0 Å². The van der Waals surface area contributed by atoms with Crippen molar-refractivity contribution in [3.05, 3.63) is 33.4 Å². The Morgan fingerprint density at radius 1 is 1.16 bits per heavy atom. The number of methoxy groups -OCH3 is 1. The molecule has 1 rings (SSSR count). The molecule has 0 saturated carbocycles. The Morgan fingerprint density at radius 3 is 2.37 bits per heavy atom. The second-order valence-electron chi connectivity index (χ2n) is 4.95. The monoisotopic (exact) mass is 375 g/mol. The van der Waals surface area contributed by atoms with E-state index in [0.717, 1.165) is 32.2 Å². The van der Waals surface area contributed by atoms with Gasteiger partial charge in [-0.15, -0.1) is 0 Å². The number of ether oxygens (including phenoxy) is 1. The fraction of sp³-hybridized carbons (Fsp3) is 0.625. The second kappa shape index (κ2) is 9.72. The van der Waals surface area contributed by atoms with Crippen LogP contribution in [0.4, 0.5) is 0 Å². The van der Waals surface area contributed by atoms with Crippen molar-refractivity contribution in [3.8, 4) is 0 Å². The molecular weight excluding hydrogens is 349 g/mol. The highest BCUT2D eigenvalue weighted by atomic mass is 127. The first-order valence-corrected chi connectivity index (χ1v) is 8.29. The summed E-state index contributed by atoms with van der Waals surface area (Å²) in [6.45, 7) is 5.48. The maximum Gasteiger partial charge on any atom is 0.0727 e. The molecule has 19 heavy (non-hydrogen) atoms. The molecule has 0 amide bonds. The molecule has 2 nitrogen and oxygen atoms in total. The van der Waals surface area contributed by atoms with Gasteiger partial charge in [0.25, 0.3) is 0 Å². The molecule has 2 unspecified atom stereocenters. The van der Waals surface area contributed by atoms with Gasteiger partial charge in [0.05, 0.1) is 6.10 Å². The van der Waals surface area contributed by atoms with Gasteiger partial charge >= 0.3 is 0 Å². The van der Waals surface area contributed by atoms with Gasteiger partial charge in [-0.25, -0.2) is 0 Å². The zero-order valence-corrected chi connectivity index (χ0v) is 14.4. The number of halogens is 1. The summed E-state index contributed by atoms with van der Waals surface area (Å²) in [5, 5.41) is 3.64. The molecule has 0 heterocycles. The van der Waals surface area contributed by atoms with Crippen molar-refractivity contribution < 1.29 is 4.74 Å². The van der Waals surface area contributed by atoms with Crippen molar-refractivity contribution in [2.45, 2.75) is 51.7 Å². The molecule has 1 N–H and O–H groups in total. The SMILES string of the molecule is CCCNC(Cc1ccc(I)cc1)C(CCC)OC. The van der Waals surface area contributed by atoms with Crippen molar-refractivity contribution in [1.29, 1.82) is 0 Å². The van der Waals surface area contributed by atoms with Crippen LogP contribution in [-0.4, -0.2) is 25.8 Å². The van der Waals surface area contributed by atoms with Gasteiger partial charge in [-0.3, -0.25) is 0 Å². The second-order valence-corrected chi connectivity index (χ2v) is 6.20. The van der Waals surface area contributed by atoms with Crippen LogP contribution in [-0.2, 0) is 11.2 Å². The lowest BCUT2D eigenvalue weighted by molar-refractivity contribution is 0.0609. The van der Waals surface area contributed by atoms with Gasteiger partial charge in [-0.05, 0) is 66.1 Å². The van der Waals surface area contributed by atoms with E-state index in [0.29, 0.717) is 12.1 Å². The fourth-order valence-corrected chi connectivity index (χ4v) is 2.67. The van der Waals surface area contributed by atoms with Gasteiger partial charge in [0.1, 0.15) is 0 Å². The van der Waals surface area contributed by atoms with Crippen LogP contribution in [0.1, 0.15) is 38.7 Å². The van der Waals surface area contributed by atoms with Crippen molar-refractivity contribution in [2.75, 3.05) is 13.7 Å². The third-order valence-electron chi connectivity index (χ3n) is 3.35. The molecule has 1 aromatic carbocycles. The first kappa shape index (κ1) is 16.9. The highest BCUT2D eigenvalue weighted by Crippen LogP contribution is 2.14. The maximum atomic E-state index is 5.68. The van der Waals surface area contributed by atoms with Gasteiger partial charge in [0.15, 0.2) is 0 Å². The lowest BCUT2D eigenvalue weighted by Gasteiger charge is -2.27. The van der Waals surface area contributed by atoms with Gasteiger partial charge in [-0.2, -0.15) is 0 Å². The molecule has 0 radical (unpaired) electrons. The summed E-state index contributed by atoms with van der Waals surface area (Å²) in [6.07, 6.45) is 4.77. The summed E-state index contributed by atoms with van der Waals surface area (Å²) < 4.78 is 6.97. The zero-order chi connectivity index (χ0) is 14.1. The molecule has 0 aliphatic rings. The first-order valence-electron chi connectivity index (χ1n) is 7.21. The van der Waals surface area contributed by atoms with E-state index in [1.807, 2.05) is 7.11 Å². The average molecular weight is 375 g/mol. The van der Waals surface area contributed by atoms with Gasteiger partial charge in [0, 0.05) is 16.7 Å². The van der Waals surface area contributed by atoms with Crippen LogP contribution >= 0.6 is 22.6 Å². The van der Waals surface area contributed by atoms with Crippen LogP contribution in [0, 0.1) is 3.57 Å². The highest BCUT2D eigenvalue weighted by Gasteiger charge is 2.20. The van der Waals surface area contributed by atoms with E-state index in [2.05, 4.69) is 66.0 Å². The molecule has 108 valence electrons. The third-order valence-corrected chi connectivity index (χ3v) is 4.07. The fourth-order valence-electron chi connectivity index (χ4n) is 2.31. The highest BCUT2D eigenvalue weighted by molar-refractivity contribution is 14.1. The Labute approximate surface area is 131 Å². The number of hydrogen-bond acceptors (Lipinski definition) is 2. The Morgan fingerprint density at radius 2 is 1.84 bits per heavy atom. The normalized spacial score (nSPS) is 14.3. The van der Waals surface area contributed by atoms with E-state index in [-0.39, 0.29) is 0 Å². The maximum absolute atomic E-state index is 5.68. The van der Waals surface area contributed by atoms with E-state index in [1.54, 1.807) is 0 Å². The standard InChI is InChI=1S/C16H26INO/c1-4-6-16(19-3)15(18-11-5-2)12-13-7-9-14(17)10-8-13/h7-10,15-16,18H,4-6,11-12H2,1-3H3. The van der Waals surface area contributed by atoms with Gasteiger partial charge in [-0.1, -0.05) is 32.4 Å². The topological polar surface area (TPSA) is 21.3 Å². The predicted molar refractivity (Wildman–Crippen MR) is 90.6 cm³/mol. The summed E-state index contributed by atoms with van der Waals surface area (Å²) in [4.78, 5) is 0. The first-order chi connectivity index (χ1) is 9.21. The minimum Gasteiger partial charge on any atom is -0.380 e. The summed E-state index contributed by atoms with van der Waals surface area (Å²) in [5.41, 5.74) is 1.38. The zero-order valence-electron chi connectivity index (χ0n) is 12.3. The Balaban J connectivity index is 2.69. The minimum atomic E-state index is 0.302. The van der Waals surface area contributed by atoms with Crippen molar-refractivity contribution in [1.82, 2.24) is 5.32 Å². The van der Waals surface area contributed by atoms with Crippen molar-refractivity contribution in [3.63, 3.8) is 0 Å². The summed E-state index contributed by atoms with van der Waals surface area (Å²) in [6, 6.07) is 9.20. The van der Waals surface area contributed by atoms with Crippen LogP contribution < -0.4 is 5.32 Å². The van der Waals surface area contributed by atoms with Crippen molar-refractivity contribution in [2.24, 2.45) is 0 Å². The summed E-state index contributed by atoms with van der Waals surface area (Å²) in [5.74, 6) is 0. The smallest absolute Gasteiger partial charge is 0.0727 e. The molecule has 0 aliphatic heterocycles. The van der Waals surface area contributed by atoms with Crippen molar-refractivity contribution >= 4 is 22.6 Å². The number of rotatable bonds is 9. The van der Waals surface area contributed by atoms with E-state index in [1.165, 1.54) is 9.13 Å². The predicted octanol–water partition coefficient (Wildman–Crippen LogP) is 4.02. The quantitative estimate of drug-likeness (QED) is 0.659. The number of nitrogens with one attached hydrogen (secondary N) is 1.